The average Bonchev–Trinajstić information content (AvgIpc) is 3.81. The number of hydrogen-bond acceptors (Lipinski definition) is 6. The summed E-state index contributed by atoms with van der Waals surface area (Å²) < 4.78 is 9.31. The monoisotopic (exact) mass is 771 g/mol. The van der Waals surface area contributed by atoms with Gasteiger partial charge in [-0.15, -0.1) is 0 Å². The second-order valence-corrected chi connectivity index (χ2v) is 15.1. The van der Waals surface area contributed by atoms with Crippen LogP contribution in [0.2, 0.25) is 0 Å². The van der Waals surface area contributed by atoms with Crippen molar-refractivity contribution in [1.82, 2.24) is 23.7 Å². The summed E-state index contributed by atoms with van der Waals surface area (Å²) in [5, 5.41) is 3.20. The van der Waals surface area contributed by atoms with E-state index in [-0.39, 0.29) is 0 Å². The van der Waals surface area contributed by atoms with Gasteiger partial charge in [0.15, 0.2) is 5.82 Å². The standard InChI is InChI=1S/C53H33N5S/c1-4-13-34(14-5-1)37-19-10-22-41(29-37)47-33-48(56-53(55-47)43-24-12-20-38(31-43)35-15-6-2-7-16-35)42-23-11-21-39(30-42)40-25-26-44-49(32-40)54-51(36-17-8-3-9-18-36)45-27-28-46-52(50(44)45)58-59-57-46/h1-33H. The fraction of sp³-hybridized carbons (Fsp3) is 0. The van der Waals surface area contributed by atoms with Crippen molar-refractivity contribution < 1.29 is 0 Å². The first-order valence-electron chi connectivity index (χ1n) is 19.6. The molecule has 59 heavy (non-hydrogen) atoms. The van der Waals surface area contributed by atoms with Gasteiger partial charge in [-0.2, -0.15) is 8.75 Å². The van der Waals surface area contributed by atoms with Gasteiger partial charge in [0, 0.05) is 38.4 Å². The molecular formula is C53H33N5S. The van der Waals surface area contributed by atoms with Crippen LogP contribution in [-0.2, 0) is 0 Å². The second kappa shape index (κ2) is 14.7. The first kappa shape index (κ1) is 34.6. The van der Waals surface area contributed by atoms with Crippen LogP contribution in [0.15, 0.2) is 200 Å². The molecule has 8 aromatic carbocycles. The van der Waals surface area contributed by atoms with E-state index >= 15 is 0 Å². The van der Waals surface area contributed by atoms with Crippen molar-refractivity contribution >= 4 is 44.4 Å². The quantitative estimate of drug-likeness (QED) is 0.151. The van der Waals surface area contributed by atoms with Gasteiger partial charge >= 0.3 is 0 Å². The van der Waals surface area contributed by atoms with Crippen LogP contribution in [0.3, 0.4) is 0 Å². The van der Waals surface area contributed by atoms with Crippen LogP contribution >= 0.6 is 11.7 Å². The fourth-order valence-electron chi connectivity index (χ4n) is 8.02. The molecule has 0 saturated carbocycles. The van der Waals surface area contributed by atoms with Crippen LogP contribution < -0.4 is 0 Å². The predicted octanol–water partition coefficient (Wildman–Crippen LogP) is 13.9. The first-order valence-corrected chi connectivity index (χ1v) is 20.3. The highest BCUT2D eigenvalue weighted by Crippen LogP contribution is 2.39. The maximum atomic E-state index is 5.31. The van der Waals surface area contributed by atoms with Crippen molar-refractivity contribution in [3.63, 3.8) is 0 Å². The Bertz CT molecular complexity index is 3230. The third kappa shape index (κ3) is 6.52. The number of hydrogen-bond donors (Lipinski definition) is 0. The molecular weight excluding hydrogens is 739 g/mol. The van der Waals surface area contributed by atoms with E-state index in [9.17, 15) is 0 Å². The van der Waals surface area contributed by atoms with Crippen molar-refractivity contribution in [1.29, 1.82) is 0 Å². The zero-order valence-corrected chi connectivity index (χ0v) is 32.5. The number of rotatable bonds is 7. The minimum Gasteiger partial charge on any atom is -0.247 e. The maximum Gasteiger partial charge on any atom is 0.160 e. The van der Waals surface area contributed by atoms with Gasteiger partial charge in [0.2, 0.25) is 0 Å². The minimum atomic E-state index is 0.670. The molecule has 0 amide bonds. The molecule has 5 nitrogen and oxygen atoms in total. The van der Waals surface area contributed by atoms with E-state index in [1.54, 1.807) is 0 Å². The Morgan fingerprint density at radius 1 is 0.305 bits per heavy atom. The van der Waals surface area contributed by atoms with Crippen LogP contribution in [0.1, 0.15) is 0 Å². The van der Waals surface area contributed by atoms with Crippen LogP contribution in [0.4, 0.5) is 0 Å². The summed E-state index contributed by atoms with van der Waals surface area (Å²) in [7, 11) is 0. The normalized spacial score (nSPS) is 11.4. The van der Waals surface area contributed by atoms with E-state index in [0.717, 1.165) is 105 Å². The topological polar surface area (TPSA) is 64.5 Å². The highest BCUT2D eigenvalue weighted by Gasteiger charge is 2.17. The Balaban J connectivity index is 1.06. The molecule has 0 spiro atoms. The molecule has 276 valence electrons. The van der Waals surface area contributed by atoms with Crippen LogP contribution in [0.25, 0.3) is 111 Å². The lowest BCUT2D eigenvalue weighted by molar-refractivity contribution is 1.18. The van der Waals surface area contributed by atoms with E-state index in [1.807, 2.05) is 24.3 Å². The molecule has 0 fully saturated rings. The summed E-state index contributed by atoms with van der Waals surface area (Å²) in [5.74, 6) is 0.670. The van der Waals surface area contributed by atoms with E-state index in [1.165, 1.54) is 11.7 Å². The molecule has 11 aromatic rings. The zero-order chi connectivity index (χ0) is 39.1. The Morgan fingerprint density at radius 2 is 0.797 bits per heavy atom. The smallest absolute Gasteiger partial charge is 0.160 e. The first-order chi connectivity index (χ1) is 29.2. The molecule has 0 radical (unpaired) electrons. The van der Waals surface area contributed by atoms with Gasteiger partial charge in [-0.05, 0) is 75.8 Å². The Labute approximate surface area is 345 Å². The Kier molecular flexibility index (Phi) is 8.60. The van der Waals surface area contributed by atoms with Gasteiger partial charge in [-0.25, -0.2) is 15.0 Å². The molecule has 3 heterocycles. The van der Waals surface area contributed by atoms with Crippen molar-refractivity contribution in [3.05, 3.63) is 200 Å². The molecule has 0 aliphatic rings. The summed E-state index contributed by atoms with van der Waals surface area (Å²) in [6.07, 6.45) is 0. The van der Waals surface area contributed by atoms with Crippen molar-refractivity contribution in [3.8, 4) is 78.5 Å². The van der Waals surface area contributed by atoms with Gasteiger partial charge in [0.1, 0.15) is 11.0 Å². The summed E-state index contributed by atoms with van der Waals surface area (Å²) in [5.41, 5.74) is 16.1. The van der Waals surface area contributed by atoms with Gasteiger partial charge in [-0.3, -0.25) is 0 Å². The molecule has 0 aliphatic carbocycles. The number of fused-ring (bicyclic) bond motifs is 5. The van der Waals surface area contributed by atoms with Gasteiger partial charge in [0.05, 0.1) is 34.3 Å². The minimum absolute atomic E-state index is 0.670. The van der Waals surface area contributed by atoms with Gasteiger partial charge in [-0.1, -0.05) is 158 Å². The summed E-state index contributed by atoms with van der Waals surface area (Å²) in [6.45, 7) is 0. The van der Waals surface area contributed by atoms with Crippen LogP contribution in [0, 0.1) is 0 Å². The molecule has 6 heteroatoms. The molecule has 0 atom stereocenters. The molecule has 0 aliphatic heterocycles. The number of benzene rings is 8. The molecule has 3 aromatic heterocycles. The maximum absolute atomic E-state index is 5.31. The average molecular weight is 772 g/mol. The van der Waals surface area contributed by atoms with Crippen molar-refractivity contribution in [2.75, 3.05) is 0 Å². The molecule has 0 N–H and O–H groups in total. The van der Waals surface area contributed by atoms with E-state index in [4.69, 9.17) is 19.3 Å². The van der Waals surface area contributed by atoms with Crippen molar-refractivity contribution in [2.45, 2.75) is 0 Å². The highest BCUT2D eigenvalue weighted by atomic mass is 32.1. The third-order valence-electron chi connectivity index (χ3n) is 10.9. The fourth-order valence-corrected chi connectivity index (χ4v) is 8.56. The third-order valence-corrected chi connectivity index (χ3v) is 11.5. The molecule has 0 bridgehead atoms. The van der Waals surface area contributed by atoms with E-state index in [2.05, 4.69) is 180 Å². The highest BCUT2D eigenvalue weighted by molar-refractivity contribution is 7.00. The number of pyridine rings is 1. The summed E-state index contributed by atoms with van der Waals surface area (Å²) >= 11 is 1.24. The lowest BCUT2D eigenvalue weighted by Gasteiger charge is -2.13. The van der Waals surface area contributed by atoms with Crippen molar-refractivity contribution in [2.24, 2.45) is 0 Å². The molecule has 11 rings (SSSR count). The second-order valence-electron chi connectivity index (χ2n) is 14.6. The lowest BCUT2D eigenvalue weighted by Crippen LogP contribution is -1.96. The van der Waals surface area contributed by atoms with E-state index < -0.39 is 0 Å². The Morgan fingerprint density at radius 3 is 1.42 bits per heavy atom. The zero-order valence-electron chi connectivity index (χ0n) is 31.7. The van der Waals surface area contributed by atoms with E-state index in [0.29, 0.717) is 5.82 Å². The SMILES string of the molecule is c1ccc(-c2cccc(-c3cc(-c4cccc(-c5ccc6c(c5)nc(-c5ccccc5)c5ccc7nsnc7c56)c4)nc(-c4cccc(-c5ccccc5)c4)n3)c2)cc1. The van der Waals surface area contributed by atoms with Crippen LogP contribution in [0.5, 0.6) is 0 Å². The summed E-state index contributed by atoms with van der Waals surface area (Å²) in [6, 6.07) is 69.8. The van der Waals surface area contributed by atoms with Crippen LogP contribution in [-0.4, -0.2) is 23.7 Å². The van der Waals surface area contributed by atoms with Gasteiger partial charge < -0.3 is 0 Å². The number of aromatic nitrogens is 5. The molecule has 0 unspecified atom stereocenters. The Hall–Kier alpha value is -7.67. The lowest BCUT2D eigenvalue weighted by atomic mass is 9.95. The largest absolute Gasteiger partial charge is 0.247 e. The van der Waals surface area contributed by atoms with Gasteiger partial charge in [0.25, 0.3) is 0 Å². The summed E-state index contributed by atoms with van der Waals surface area (Å²) in [4.78, 5) is 15.8. The number of nitrogens with zero attached hydrogens (tertiary/aromatic N) is 5. The predicted molar refractivity (Wildman–Crippen MR) is 244 cm³/mol. The molecule has 0 saturated heterocycles.